The Balaban J connectivity index is 1.29. The Hall–Kier alpha value is -4.26. The Morgan fingerprint density at radius 3 is 2.26 bits per heavy atom. The first kappa shape index (κ1) is 21.6. The number of anilines is 1. The molecule has 0 bridgehead atoms. The van der Waals surface area contributed by atoms with Crippen LogP contribution in [0.3, 0.4) is 0 Å². The Kier molecular flexibility index (Phi) is 6.16. The Bertz CT molecular complexity index is 1270. The minimum Gasteiger partial charge on any atom is -0.340 e. The maximum absolute atomic E-state index is 13.2. The molecule has 0 aliphatic heterocycles. The van der Waals surface area contributed by atoms with Gasteiger partial charge >= 0.3 is 0 Å². The molecule has 3 aromatic carbocycles. The molecule has 1 fully saturated rings. The summed E-state index contributed by atoms with van der Waals surface area (Å²) in [6.45, 7) is 0. The summed E-state index contributed by atoms with van der Waals surface area (Å²) in [6.07, 6.45) is 2.69. The number of aromatic nitrogens is 3. The standard InChI is InChI=1S/C27H25N5O2/c33-26(21-9-5-2-6-10-21)29-23(17-18-7-3-1-4-8-18)27(34)28-22-15-13-20(14-16-22)25-30-24(31-32-25)19-11-12-19/h1-10,13-16,19,23H,11-12,17H2,(H,28,34)(H,29,33)(H,30,31,32). The number of carbonyl (C=O) groups excluding carboxylic acids is 2. The van der Waals surface area contributed by atoms with Gasteiger partial charge in [-0.15, -0.1) is 0 Å². The quantitative estimate of drug-likeness (QED) is 0.371. The number of aromatic amines is 1. The molecule has 7 heteroatoms. The van der Waals surface area contributed by atoms with Gasteiger partial charge in [-0.05, 0) is 54.8 Å². The second kappa shape index (κ2) is 9.70. The van der Waals surface area contributed by atoms with Crippen LogP contribution in [-0.2, 0) is 11.2 Å². The van der Waals surface area contributed by atoms with Gasteiger partial charge in [0.25, 0.3) is 5.91 Å². The number of H-pyrrole nitrogens is 1. The molecule has 4 aromatic rings. The van der Waals surface area contributed by atoms with Crippen LogP contribution < -0.4 is 10.6 Å². The average molecular weight is 452 g/mol. The van der Waals surface area contributed by atoms with Crippen molar-refractivity contribution in [1.82, 2.24) is 20.5 Å². The third-order valence-corrected chi connectivity index (χ3v) is 5.82. The third-order valence-electron chi connectivity index (χ3n) is 5.82. The first-order valence-corrected chi connectivity index (χ1v) is 11.4. The monoisotopic (exact) mass is 451 g/mol. The number of amides is 2. The molecule has 1 aromatic heterocycles. The van der Waals surface area contributed by atoms with Gasteiger partial charge in [0.05, 0.1) is 0 Å². The normalized spacial score (nSPS) is 13.8. The van der Waals surface area contributed by atoms with Crippen LogP contribution in [-0.4, -0.2) is 33.0 Å². The molecule has 1 heterocycles. The van der Waals surface area contributed by atoms with Crippen LogP contribution in [0.4, 0.5) is 5.69 Å². The van der Waals surface area contributed by atoms with Crippen LogP contribution in [0.5, 0.6) is 0 Å². The molecule has 7 nitrogen and oxygen atoms in total. The van der Waals surface area contributed by atoms with Gasteiger partial charge in [0.15, 0.2) is 5.82 Å². The predicted molar refractivity (Wildman–Crippen MR) is 130 cm³/mol. The summed E-state index contributed by atoms with van der Waals surface area (Å²) >= 11 is 0. The van der Waals surface area contributed by atoms with Gasteiger partial charge in [0, 0.05) is 29.2 Å². The fraction of sp³-hybridized carbons (Fsp3) is 0.185. The first-order valence-electron chi connectivity index (χ1n) is 11.4. The largest absolute Gasteiger partial charge is 0.340 e. The highest BCUT2D eigenvalue weighted by Crippen LogP contribution is 2.38. The van der Waals surface area contributed by atoms with E-state index in [2.05, 4.69) is 25.8 Å². The summed E-state index contributed by atoms with van der Waals surface area (Å²) < 4.78 is 0. The fourth-order valence-corrected chi connectivity index (χ4v) is 3.76. The highest BCUT2D eigenvalue weighted by molar-refractivity contribution is 6.01. The summed E-state index contributed by atoms with van der Waals surface area (Å²) in [6, 6.07) is 25.2. The van der Waals surface area contributed by atoms with Crippen LogP contribution in [0.1, 0.15) is 40.5 Å². The number of hydrogen-bond donors (Lipinski definition) is 3. The number of benzene rings is 3. The van der Waals surface area contributed by atoms with Gasteiger partial charge < -0.3 is 10.6 Å². The summed E-state index contributed by atoms with van der Waals surface area (Å²) in [5, 5.41) is 13.1. The van der Waals surface area contributed by atoms with Crippen molar-refractivity contribution in [2.24, 2.45) is 0 Å². The van der Waals surface area contributed by atoms with E-state index in [1.54, 1.807) is 24.3 Å². The minimum absolute atomic E-state index is 0.283. The molecular weight excluding hydrogens is 426 g/mol. The van der Waals surface area contributed by atoms with E-state index in [4.69, 9.17) is 0 Å². The van der Waals surface area contributed by atoms with Crippen molar-refractivity contribution in [1.29, 1.82) is 0 Å². The lowest BCUT2D eigenvalue weighted by atomic mass is 10.0. The van der Waals surface area contributed by atoms with Gasteiger partial charge in [-0.1, -0.05) is 48.5 Å². The molecule has 34 heavy (non-hydrogen) atoms. The molecule has 170 valence electrons. The molecule has 5 rings (SSSR count). The van der Waals surface area contributed by atoms with Crippen LogP contribution in [0.2, 0.25) is 0 Å². The number of nitrogens with one attached hydrogen (secondary N) is 3. The van der Waals surface area contributed by atoms with Crippen LogP contribution in [0.25, 0.3) is 11.4 Å². The Morgan fingerprint density at radius 1 is 0.912 bits per heavy atom. The fourth-order valence-electron chi connectivity index (χ4n) is 3.76. The number of rotatable bonds is 8. The molecule has 3 N–H and O–H groups in total. The molecule has 1 aliphatic rings. The summed E-state index contributed by atoms with van der Waals surface area (Å²) in [4.78, 5) is 30.5. The van der Waals surface area contributed by atoms with E-state index in [0.717, 1.165) is 29.8 Å². The maximum Gasteiger partial charge on any atom is 0.251 e. The number of nitrogens with zero attached hydrogens (tertiary/aromatic N) is 2. The lowest BCUT2D eigenvalue weighted by Gasteiger charge is -2.19. The lowest BCUT2D eigenvalue weighted by Crippen LogP contribution is -2.45. The van der Waals surface area contributed by atoms with Gasteiger partial charge in [0.2, 0.25) is 5.91 Å². The zero-order valence-electron chi connectivity index (χ0n) is 18.6. The molecular formula is C27H25N5O2. The smallest absolute Gasteiger partial charge is 0.251 e. The van der Waals surface area contributed by atoms with Crippen molar-refractivity contribution >= 4 is 17.5 Å². The zero-order valence-corrected chi connectivity index (χ0v) is 18.6. The van der Waals surface area contributed by atoms with Crippen molar-refractivity contribution in [2.75, 3.05) is 5.32 Å². The summed E-state index contributed by atoms with van der Waals surface area (Å²) in [5.74, 6) is 1.52. The molecule has 1 saturated carbocycles. The average Bonchev–Trinajstić information content (AvgIpc) is 3.61. The van der Waals surface area contributed by atoms with Crippen molar-refractivity contribution in [3.05, 3.63) is 102 Å². The highest BCUT2D eigenvalue weighted by Gasteiger charge is 2.27. The van der Waals surface area contributed by atoms with E-state index in [9.17, 15) is 9.59 Å². The van der Waals surface area contributed by atoms with Gasteiger partial charge in [0.1, 0.15) is 11.9 Å². The summed E-state index contributed by atoms with van der Waals surface area (Å²) in [5.41, 5.74) is 2.98. The van der Waals surface area contributed by atoms with Crippen LogP contribution in [0.15, 0.2) is 84.9 Å². The molecule has 1 unspecified atom stereocenters. The van der Waals surface area contributed by atoms with Crippen molar-refractivity contribution in [3.8, 4) is 11.4 Å². The second-order valence-corrected chi connectivity index (χ2v) is 8.47. The van der Waals surface area contributed by atoms with Crippen molar-refractivity contribution in [3.63, 3.8) is 0 Å². The highest BCUT2D eigenvalue weighted by atomic mass is 16.2. The molecule has 1 atom stereocenters. The van der Waals surface area contributed by atoms with Crippen molar-refractivity contribution in [2.45, 2.75) is 31.2 Å². The topological polar surface area (TPSA) is 99.8 Å². The SMILES string of the molecule is O=C(NC(Cc1ccccc1)C(=O)Nc1ccc(-c2n[nH]c(C3CC3)n2)cc1)c1ccccc1. The molecule has 0 radical (unpaired) electrons. The minimum atomic E-state index is -0.733. The van der Waals surface area contributed by atoms with Crippen LogP contribution in [0, 0.1) is 0 Å². The third kappa shape index (κ3) is 5.20. The van der Waals surface area contributed by atoms with E-state index in [-0.39, 0.29) is 11.8 Å². The van der Waals surface area contributed by atoms with Gasteiger partial charge in [-0.2, -0.15) is 5.10 Å². The zero-order chi connectivity index (χ0) is 23.3. The van der Waals surface area contributed by atoms with E-state index in [0.29, 0.717) is 29.4 Å². The number of carbonyl (C=O) groups is 2. The lowest BCUT2D eigenvalue weighted by molar-refractivity contribution is -0.118. The summed E-state index contributed by atoms with van der Waals surface area (Å²) in [7, 11) is 0. The molecule has 0 saturated heterocycles. The van der Waals surface area contributed by atoms with E-state index < -0.39 is 6.04 Å². The number of hydrogen-bond acceptors (Lipinski definition) is 4. The Labute approximate surface area is 197 Å². The van der Waals surface area contributed by atoms with E-state index in [1.165, 1.54) is 0 Å². The Morgan fingerprint density at radius 2 is 1.59 bits per heavy atom. The van der Waals surface area contributed by atoms with Gasteiger partial charge in [-0.3, -0.25) is 14.7 Å². The van der Waals surface area contributed by atoms with Crippen molar-refractivity contribution < 1.29 is 9.59 Å². The van der Waals surface area contributed by atoms with E-state index in [1.807, 2.05) is 60.7 Å². The van der Waals surface area contributed by atoms with Gasteiger partial charge in [-0.25, -0.2) is 4.98 Å². The maximum atomic E-state index is 13.2. The first-order chi connectivity index (χ1) is 16.7. The second-order valence-electron chi connectivity index (χ2n) is 8.47. The predicted octanol–water partition coefficient (Wildman–Crippen LogP) is 4.33. The van der Waals surface area contributed by atoms with E-state index >= 15 is 0 Å². The molecule has 1 aliphatic carbocycles. The molecule has 2 amide bonds. The molecule has 0 spiro atoms. The van der Waals surface area contributed by atoms with Crippen LogP contribution >= 0.6 is 0 Å².